The average Bonchev–Trinajstić information content (AvgIpc) is 3.14. The Kier molecular flexibility index (Phi) is 7.49. The van der Waals surface area contributed by atoms with Gasteiger partial charge in [-0.2, -0.15) is 0 Å². The van der Waals surface area contributed by atoms with E-state index in [0.29, 0.717) is 5.96 Å². The smallest absolute Gasteiger partial charge is 0.244 e. The van der Waals surface area contributed by atoms with Crippen LogP contribution in [0.2, 0.25) is 0 Å². The quantitative estimate of drug-likeness (QED) is 0.607. The van der Waals surface area contributed by atoms with Crippen molar-refractivity contribution in [3.05, 3.63) is 35.4 Å². The molecule has 0 aromatic heterocycles. The molecule has 144 valence electrons. The minimum Gasteiger partial charge on any atom is -0.357 e. The van der Waals surface area contributed by atoms with Crippen molar-refractivity contribution in [1.29, 1.82) is 0 Å². The summed E-state index contributed by atoms with van der Waals surface area (Å²) < 4.78 is 0. The van der Waals surface area contributed by atoms with Crippen molar-refractivity contribution in [1.82, 2.24) is 15.5 Å². The lowest BCUT2D eigenvalue weighted by atomic mass is 9.86. The fourth-order valence-corrected chi connectivity index (χ4v) is 3.05. The molecule has 0 spiro atoms. The summed E-state index contributed by atoms with van der Waals surface area (Å²) in [5.74, 6) is 0.837. The van der Waals surface area contributed by atoms with Gasteiger partial charge < -0.3 is 15.5 Å². The molecule has 2 N–H and O–H groups in total. The predicted molar refractivity (Wildman–Crippen MR) is 109 cm³/mol. The molecule has 0 atom stereocenters. The molecule has 1 aliphatic rings. The second kappa shape index (κ2) is 9.60. The molecule has 1 aromatic carbocycles. The molecule has 1 heterocycles. The third-order valence-corrected chi connectivity index (χ3v) is 4.70. The van der Waals surface area contributed by atoms with Crippen LogP contribution >= 0.6 is 0 Å². The van der Waals surface area contributed by atoms with Crippen molar-refractivity contribution in [2.75, 3.05) is 32.7 Å². The molecule has 26 heavy (non-hydrogen) atoms. The summed E-state index contributed by atoms with van der Waals surface area (Å²) in [6.45, 7) is 12.3. The lowest BCUT2D eigenvalue weighted by molar-refractivity contribution is -0.128. The zero-order chi connectivity index (χ0) is 19.0. The van der Waals surface area contributed by atoms with E-state index in [1.807, 2.05) is 11.8 Å². The number of carbonyl (C=O) groups excluding carboxylic acids is 1. The zero-order valence-electron chi connectivity index (χ0n) is 16.8. The van der Waals surface area contributed by atoms with Crippen LogP contribution in [0.5, 0.6) is 0 Å². The number of likely N-dealkylation sites (tertiary alicyclic amines) is 1. The van der Waals surface area contributed by atoms with Crippen LogP contribution in [0.25, 0.3) is 0 Å². The largest absolute Gasteiger partial charge is 0.357 e. The van der Waals surface area contributed by atoms with Gasteiger partial charge in [0.05, 0.1) is 0 Å². The van der Waals surface area contributed by atoms with Crippen LogP contribution in [0.4, 0.5) is 0 Å². The van der Waals surface area contributed by atoms with Crippen LogP contribution in [-0.4, -0.2) is 49.5 Å². The van der Waals surface area contributed by atoms with E-state index < -0.39 is 0 Å². The van der Waals surface area contributed by atoms with Crippen LogP contribution in [0, 0.1) is 0 Å². The lowest BCUT2D eigenvalue weighted by Crippen LogP contribution is -2.39. The molecule has 0 unspecified atom stereocenters. The molecule has 0 aliphatic carbocycles. The molecule has 5 heteroatoms. The first-order valence-electron chi connectivity index (χ1n) is 9.79. The Balaban J connectivity index is 1.82. The lowest BCUT2D eigenvalue weighted by Gasteiger charge is -2.19. The fraction of sp³-hybridized carbons (Fsp3) is 0.619. The van der Waals surface area contributed by atoms with Crippen molar-refractivity contribution < 1.29 is 4.79 Å². The summed E-state index contributed by atoms with van der Waals surface area (Å²) >= 11 is 0. The van der Waals surface area contributed by atoms with Gasteiger partial charge in [0.15, 0.2) is 5.96 Å². The molecule has 5 nitrogen and oxygen atoms in total. The van der Waals surface area contributed by atoms with Crippen LogP contribution in [-0.2, 0) is 16.6 Å². The highest BCUT2D eigenvalue weighted by Crippen LogP contribution is 2.22. The number of carbonyl (C=O) groups is 1. The number of guanidine groups is 1. The van der Waals surface area contributed by atoms with Crippen LogP contribution in [0.15, 0.2) is 29.3 Å². The number of hydrogen-bond donors (Lipinski definition) is 2. The van der Waals surface area contributed by atoms with Gasteiger partial charge in [0.2, 0.25) is 5.91 Å². The molecule has 1 saturated heterocycles. The maximum absolute atomic E-state index is 12.1. The second-order valence-corrected chi connectivity index (χ2v) is 7.91. The number of benzene rings is 1. The topological polar surface area (TPSA) is 56.7 Å². The van der Waals surface area contributed by atoms with Crippen molar-refractivity contribution in [2.45, 2.75) is 52.4 Å². The van der Waals surface area contributed by atoms with Crippen molar-refractivity contribution in [3.63, 3.8) is 0 Å². The monoisotopic (exact) mass is 358 g/mol. The molecule has 1 amide bonds. The minimum absolute atomic E-state index is 0.123. The number of rotatable bonds is 6. The van der Waals surface area contributed by atoms with E-state index in [-0.39, 0.29) is 17.9 Å². The summed E-state index contributed by atoms with van der Waals surface area (Å²) in [6.07, 6.45) is 3.15. The van der Waals surface area contributed by atoms with Gasteiger partial charge in [0.25, 0.3) is 0 Å². The molecule has 0 radical (unpaired) electrons. The Hall–Kier alpha value is -2.04. The zero-order valence-corrected chi connectivity index (χ0v) is 16.8. The molecular weight excluding hydrogens is 324 g/mol. The highest BCUT2D eigenvalue weighted by Gasteiger charge is 2.17. The van der Waals surface area contributed by atoms with Gasteiger partial charge in [-0.15, -0.1) is 0 Å². The standard InChI is InChI=1S/C21H34N4O/c1-5-22-20(24-16-19(26)25-14-6-7-15-25)23-13-12-17-8-10-18(11-9-17)21(2,3)4/h8-11H,5-7,12-16H2,1-4H3,(H2,22,23,24). The van der Waals surface area contributed by atoms with Gasteiger partial charge >= 0.3 is 0 Å². The first-order valence-corrected chi connectivity index (χ1v) is 9.79. The molecule has 0 saturated carbocycles. The van der Waals surface area contributed by atoms with Crippen molar-refractivity contribution in [2.24, 2.45) is 4.99 Å². The maximum Gasteiger partial charge on any atom is 0.244 e. The average molecular weight is 359 g/mol. The second-order valence-electron chi connectivity index (χ2n) is 7.91. The molecule has 1 aromatic rings. The number of amides is 1. The van der Waals surface area contributed by atoms with E-state index >= 15 is 0 Å². The van der Waals surface area contributed by atoms with Crippen molar-refractivity contribution >= 4 is 11.9 Å². The third kappa shape index (κ3) is 6.36. The Morgan fingerprint density at radius 3 is 2.35 bits per heavy atom. The van der Waals surface area contributed by atoms with Gasteiger partial charge in [0.1, 0.15) is 6.54 Å². The number of nitrogens with one attached hydrogen (secondary N) is 2. The van der Waals surface area contributed by atoms with Gasteiger partial charge in [-0.1, -0.05) is 45.0 Å². The minimum atomic E-state index is 0.123. The molecular formula is C21H34N4O. The highest BCUT2D eigenvalue weighted by molar-refractivity contribution is 5.85. The predicted octanol–water partition coefficient (Wildman–Crippen LogP) is 2.70. The highest BCUT2D eigenvalue weighted by atomic mass is 16.2. The fourth-order valence-electron chi connectivity index (χ4n) is 3.05. The Bertz CT molecular complexity index is 595. The summed E-state index contributed by atoms with van der Waals surface area (Å²) in [7, 11) is 0. The van der Waals surface area contributed by atoms with E-state index in [0.717, 1.165) is 45.4 Å². The summed E-state index contributed by atoms with van der Waals surface area (Å²) in [5.41, 5.74) is 2.84. The summed E-state index contributed by atoms with van der Waals surface area (Å²) in [6, 6.07) is 8.82. The SMILES string of the molecule is CCNC(=NCC(=O)N1CCCC1)NCCc1ccc(C(C)(C)C)cc1. The van der Waals surface area contributed by atoms with Crippen LogP contribution in [0.3, 0.4) is 0 Å². The van der Waals surface area contributed by atoms with Gasteiger partial charge in [-0.05, 0) is 42.7 Å². The first-order chi connectivity index (χ1) is 12.4. The Labute approximate surface area is 158 Å². The Morgan fingerprint density at radius 1 is 1.12 bits per heavy atom. The van der Waals surface area contributed by atoms with E-state index in [1.54, 1.807) is 0 Å². The third-order valence-electron chi connectivity index (χ3n) is 4.70. The first kappa shape index (κ1) is 20.3. The number of hydrogen-bond acceptors (Lipinski definition) is 2. The molecule has 1 aliphatic heterocycles. The maximum atomic E-state index is 12.1. The normalized spacial score (nSPS) is 15.2. The van der Waals surface area contributed by atoms with Crippen LogP contribution < -0.4 is 10.6 Å². The van der Waals surface area contributed by atoms with Crippen LogP contribution in [0.1, 0.15) is 51.7 Å². The van der Waals surface area contributed by atoms with E-state index in [9.17, 15) is 4.79 Å². The molecule has 1 fully saturated rings. The molecule has 2 rings (SSSR count). The molecule has 0 bridgehead atoms. The van der Waals surface area contributed by atoms with Crippen molar-refractivity contribution in [3.8, 4) is 0 Å². The van der Waals surface area contributed by atoms with Gasteiger partial charge in [-0.3, -0.25) is 4.79 Å². The Morgan fingerprint density at radius 2 is 1.77 bits per heavy atom. The van der Waals surface area contributed by atoms with E-state index in [1.165, 1.54) is 11.1 Å². The summed E-state index contributed by atoms with van der Waals surface area (Å²) in [4.78, 5) is 18.5. The van der Waals surface area contributed by atoms with Gasteiger partial charge in [0, 0.05) is 26.2 Å². The number of nitrogens with zero attached hydrogens (tertiary/aromatic N) is 2. The van der Waals surface area contributed by atoms with E-state index in [2.05, 4.69) is 60.7 Å². The van der Waals surface area contributed by atoms with E-state index in [4.69, 9.17) is 0 Å². The summed E-state index contributed by atoms with van der Waals surface area (Å²) in [5, 5.41) is 6.54. The number of aliphatic imine (C=N–C) groups is 1. The van der Waals surface area contributed by atoms with Gasteiger partial charge in [-0.25, -0.2) is 4.99 Å².